The number of hydrogen-bond acceptors (Lipinski definition) is 3. The molecule has 0 radical (unpaired) electrons. The van der Waals surface area contributed by atoms with E-state index in [4.69, 9.17) is 0 Å². The highest BCUT2D eigenvalue weighted by Gasteiger charge is 2.52. The fraction of sp³-hybridized carbons (Fsp3) is 0.593. The van der Waals surface area contributed by atoms with Gasteiger partial charge in [-0.25, -0.2) is 4.79 Å². The SMILES string of the molecule is CCC(CC)C(C(=O)Nc1cccc2cccnc12)C1CN(C(C)(C)C)C(=O)N1C(C)(C)C. The first-order valence-electron chi connectivity index (χ1n) is 12.2. The Morgan fingerprint density at radius 2 is 1.70 bits per heavy atom. The number of nitrogens with zero attached hydrogens (tertiary/aromatic N) is 3. The molecule has 1 fully saturated rings. The Labute approximate surface area is 198 Å². The van der Waals surface area contributed by atoms with Crippen LogP contribution in [0.5, 0.6) is 0 Å². The van der Waals surface area contributed by atoms with Gasteiger partial charge in [0.1, 0.15) is 0 Å². The third kappa shape index (κ3) is 4.99. The largest absolute Gasteiger partial charge is 0.324 e. The van der Waals surface area contributed by atoms with Gasteiger partial charge in [-0.3, -0.25) is 9.78 Å². The van der Waals surface area contributed by atoms with Crippen molar-refractivity contribution in [3.05, 3.63) is 36.5 Å². The van der Waals surface area contributed by atoms with E-state index in [0.29, 0.717) is 12.2 Å². The molecular weight excluding hydrogens is 412 g/mol. The quantitative estimate of drug-likeness (QED) is 0.591. The van der Waals surface area contributed by atoms with Crippen molar-refractivity contribution in [1.29, 1.82) is 0 Å². The molecule has 1 saturated heterocycles. The number of carbonyl (C=O) groups excluding carboxylic acids is 2. The number of hydrogen-bond donors (Lipinski definition) is 1. The van der Waals surface area contributed by atoms with Crippen LogP contribution in [-0.4, -0.2) is 50.4 Å². The van der Waals surface area contributed by atoms with Gasteiger partial charge in [0.05, 0.1) is 23.2 Å². The lowest BCUT2D eigenvalue weighted by Gasteiger charge is -2.41. The van der Waals surface area contributed by atoms with Gasteiger partial charge in [-0.2, -0.15) is 0 Å². The van der Waals surface area contributed by atoms with E-state index in [9.17, 15) is 9.59 Å². The minimum atomic E-state index is -0.396. The number of benzene rings is 1. The summed E-state index contributed by atoms with van der Waals surface area (Å²) in [6.07, 6.45) is 3.50. The molecule has 0 bridgehead atoms. The maximum absolute atomic E-state index is 13.9. The third-order valence-electron chi connectivity index (χ3n) is 6.84. The number of urea groups is 1. The highest BCUT2D eigenvalue weighted by atomic mass is 16.2. The monoisotopic (exact) mass is 452 g/mol. The number of amides is 3. The zero-order valence-corrected chi connectivity index (χ0v) is 21.5. The molecule has 180 valence electrons. The second-order valence-electron chi connectivity index (χ2n) is 11.1. The first-order chi connectivity index (χ1) is 15.4. The summed E-state index contributed by atoms with van der Waals surface area (Å²) in [6.45, 7) is 17.2. The summed E-state index contributed by atoms with van der Waals surface area (Å²) in [5.41, 5.74) is 0.786. The van der Waals surface area contributed by atoms with Crippen molar-refractivity contribution in [2.24, 2.45) is 11.8 Å². The van der Waals surface area contributed by atoms with E-state index >= 15 is 0 Å². The summed E-state index contributed by atoms with van der Waals surface area (Å²) in [7, 11) is 0. The van der Waals surface area contributed by atoms with E-state index in [1.54, 1.807) is 6.20 Å². The maximum atomic E-state index is 13.9. The van der Waals surface area contributed by atoms with Gasteiger partial charge in [0.15, 0.2) is 0 Å². The number of para-hydroxylation sites is 1. The average molecular weight is 453 g/mol. The van der Waals surface area contributed by atoms with Gasteiger partial charge in [0.25, 0.3) is 0 Å². The van der Waals surface area contributed by atoms with E-state index in [-0.39, 0.29) is 35.4 Å². The molecule has 2 atom stereocenters. The fourth-order valence-electron chi connectivity index (χ4n) is 5.16. The van der Waals surface area contributed by atoms with E-state index < -0.39 is 5.54 Å². The van der Waals surface area contributed by atoms with Gasteiger partial charge in [-0.1, -0.05) is 44.9 Å². The molecule has 6 heteroatoms. The molecule has 0 spiro atoms. The lowest BCUT2D eigenvalue weighted by Crippen LogP contribution is -2.54. The normalized spacial score (nSPS) is 18.3. The Morgan fingerprint density at radius 3 is 2.27 bits per heavy atom. The zero-order chi connectivity index (χ0) is 24.6. The third-order valence-corrected chi connectivity index (χ3v) is 6.84. The van der Waals surface area contributed by atoms with Crippen LogP contribution in [0.3, 0.4) is 0 Å². The molecule has 1 aliphatic heterocycles. The summed E-state index contributed by atoms with van der Waals surface area (Å²) >= 11 is 0. The first-order valence-corrected chi connectivity index (χ1v) is 12.2. The van der Waals surface area contributed by atoms with Crippen molar-refractivity contribution in [3.63, 3.8) is 0 Å². The second kappa shape index (κ2) is 9.32. The van der Waals surface area contributed by atoms with E-state index in [2.05, 4.69) is 65.7 Å². The molecule has 2 heterocycles. The highest BCUT2D eigenvalue weighted by Crippen LogP contribution is 2.38. The van der Waals surface area contributed by atoms with Crippen molar-refractivity contribution in [2.45, 2.75) is 85.4 Å². The summed E-state index contributed by atoms with van der Waals surface area (Å²) < 4.78 is 0. The molecule has 1 aromatic carbocycles. The topological polar surface area (TPSA) is 65.5 Å². The van der Waals surface area contributed by atoms with Crippen LogP contribution in [0, 0.1) is 11.8 Å². The number of anilines is 1. The van der Waals surface area contributed by atoms with Crippen molar-refractivity contribution in [3.8, 4) is 0 Å². The maximum Gasteiger partial charge on any atom is 0.321 e. The molecule has 1 aliphatic rings. The minimum Gasteiger partial charge on any atom is -0.324 e. The molecule has 0 aliphatic carbocycles. The van der Waals surface area contributed by atoms with Crippen molar-refractivity contribution in [1.82, 2.24) is 14.8 Å². The molecule has 33 heavy (non-hydrogen) atoms. The van der Waals surface area contributed by atoms with Gasteiger partial charge in [0.2, 0.25) is 5.91 Å². The van der Waals surface area contributed by atoms with E-state index in [0.717, 1.165) is 23.7 Å². The van der Waals surface area contributed by atoms with Crippen molar-refractivity contribution >= 4 is 28.5 Å². The molecule has 1 N–H and O–H groups in total. The van der Waals surface area contributed by atoms with Crippen LogP contribution < -0.4 is 5.32 Å². The number of fused-ring (bicyclic) bond motifs is 1. The molecule has 6 nitrogen and oxygen atoms in total. The van der Waals surface area contributed by atoms with Crippen LogP contribution in [0.1, 0.15) is 68.2 Å². The van der Waals surface area contributed by atoms with Gasteiger partial charge in [-0.15, -0.1) is 0 Å². The number of nitrogens with one attached hydrogen (secondary N) is 1. The van der Waals surface area contributed by atoms with Gasteiger partial charge >= 0.3 is 6.03 Å². The molecule has 0 saturated carbocycles. The number of rotatable bonds is 6. The number of carbonyl (C=O) groups is 2. The smallest absolute Gasteiger partial charge is 0.321 e. The van der Waals surface area contributed by atoms with Gasteiger partial charge in [0, 0.05) is 29.2 Å². The van der Waals surface area contributed by atoms with Gasteiger partial charge in [-0.05, 0) is 59.6 Å². The standard InChI is InChI=1S/C27H40N4O2/c1-9-18(10-2)22(21-17-30(26(3,4)5)25(33)31(21)27(6,7)8)24(32)29-20-15-11-13-19-14-12-16-28-23(19)20/h11-16,18,21-22H,9-10,17H2,1-8H3,(H,29,32). The van der Waals surface area contributed by atoms with Crippen molar-refractivity contribution < 1.29 is 9.59 Å². The molecule has 1 aromatic heterocycles. The van der Waals surface area contributed by atoms with Crippen LogP contribution >= 0.6 is 0 Å². The minimum absolute atomic E-state index is 0.00980. The Balaban J connectivity index is 2.04. The van der Waals surface area contributed by atoms with Crippen LogP contribution in [0.25, 0.3) is 10.9 Å². The summed E-state index contributed by atoms with van der Waals surface area (Å²) in [4.78, 5) is 35.9. The summed E-state index contributed by atoms with van der Waals surface area (Å²) in [5, 5.41) is 4.18. The Bertz CT molecular complexity index is 996. The summed E-state index contributed by atoms with van der Waals surface area (Å²) in [5.74, 6) is -0.199. The molecule has 3 amide bonds. The van der Waals surface area contributed by atoms with Crippen molar-refractivity contribution in [2.75, 3.05) is 11.9 Å². The molecule has 3 rings (SSSR count). The zero-order valence-electron chi connectivity index (χ0n) is 21.5. The fourth-order valence-corrected chi connectivity index (χ4v) is 5.16. The van der Waals surface area contributed by atoms with Gasteiger partial charge < -0.3 is 15.1 Å². The number of aromatic nitrogens is 1. The van der Waals surface area contributed by atoms with Crippen LogP contribution in [-0.2, 0) is 4.79 Å². The van der Waals surface area contributed by atoms with Crippen LogP contribution in [0.2, 0.25) is 0 Å². The molecular formula is C27H40N4O2. The second-order valence-corrected chi connectivity index (χ2v) is 11.1. The highest BCUT2D eigenvalue weighted by molar-refractivity contribution is 6.01. The van der Waals surface area contributed by atoms with E-state index in [1.165, 1.54) is 0 Å². The first kappa shape index (κ1) is 25.0. The Hall–Kier alpha value is -2.63. The lowest BCUT2D eigenvalue weighted by molar-refractivity contribution is -0.124. The Morgan fingerprint density at radius 1 is 1.06 bits per heavy atom. The van der Waals surface area contributed by atoms with Crippen LogP contribution in [0.4, 0.5) is 10.5 Å². The molecule has 2 unspecified atom stereocenters. The predicted molar refractivity (Wildman–Crippen MR) is 135 cm³/mol. The van der Waals surface area contributed by atoms with Crippen LogP contribution in [0.15, 0.2) is 36.5 Å². The predicted octanol–water partition coefficient (Wildman–Crippen LogP) is 5.93. The summed E-state index contributed by atoms with van der Waals surface area (Å²) in [6, 6.07) is 9.53. The Kier molecular flexibility index (Phi) is 7.06. The lowest BCUT2D eigenvalue weighted by atomic mass is 9.80. The average Bonchev–Trinajstić information content (AvgIpc) is 3.09. The molecule has 2 aromatic rings. The van der Waals surface area contributed by atoms with E-state index in [1.807, 2.05) is 40.1 Å². The number of pyridine rings is 1.